The largest absolute Gasteiger partial charge is 0.270 e. The first kappa shape index (κ1) is 16.6. The number of hydrogen-bond acceptors (Lipinski definition) is 3. The number of hydrazine groups is 1. The van der Waals surface area contributed by atoms with Crippen LogP contribution in [0.2, 0.25) is 0 Å². The standard InChI is InChI=1S/C16H15BrN2O2S/c1-22-10-11-6-8-12(9-7-11)15(20)18-19-16(21)13-4-2-3-5-14(13)17/h2-9H,10H2,1H3,(H,18,20)(H,19,21). The van der Waals surface area contributed by atoms with Crippen molar-refractivity contribution in [3.63, 3.8) is 0 Å². The smallest absolute Gasteiger partial charge is 0.267 e. The van der Waals surface area contributed by atoms with Gasteiger partial charge in [-0.25, -0.2) is 0 Å². The molecule has 0 aliphatic carbocycles. The zero-order valence-electron chi connectivity index (χ0n) is 11.9. The van der Waals surface area contributed by atoms with Gasteiger partial charge < -0.3 is 0 Å². The number of halogens is 1. The zero-order chi connectivity index (χ0) is 15.9. The monoisotopic (exact) mass is 378 g/mol. The Balaban J connectivity index is 1.95. The summed E-state index contributed by atoms with van der Waals surface area (Å²) in [5.74, 6) is 0.177. The molecule has 114 valence electrons. The van der Waals surface area contributed by atoms with Crippen molar-refractivity contribution in [2.45, 2.75) is 5.75 Å². The molecule has 0 bridgehead atoms. The van der Waals surface area contributed by atoms with E-state index in [4.69, 9.17) is 0 Å². The molecule has 0 unspecified atom stereocenters. The first-order valence-electron chi connectivity index (χ1n) is 6.55. The molecule has 2 aromatic carbocycles. The molecular formula is C16H15BrN2O2S. The Morgan fingerprint density at radius 1 is 1.00 bits per heavy atom. The van der Waals surface area contributed by atoms with Gasteiger partial charge in [-0.2, -0.15) is 11.8 Å². The third-order valence-corrected chi connectivity index (χ3v) is 4.25. The molecule has 0 radical (unpaired) electrons. The van der Waals surface area contributed by atoms with Crippen LogP contribution >= 0.6 is 27.7 Å². The lowest BCUT2D eigenvalue weighted by Crippen LogP contribution is -2.41. The van der Waals surface area contributed by atoms with Gasteiger partial charge in [-0.05, 0) is 52.0 Å². The van der Waals surface area contributed by atoms with Crippen LogP contribution in [0, 0.1) is 0 Å². The summed E-state index contributed by atoms with van der Waals surface area (Å²) in [7, 11) is 0. The molecule has 0 heterocycles. The molecule has 0 aromatic heterocycles. The molecule has 2 N–H and O–H groups in total. The van der Waals surface area contributed by atoms with Gasteiger partial charge in [0.15, 0.2) is 0 Å². The highest BCUT2D eigenvalue weighted by atomic mass is 79.9. The molecule has 2 amide bonds. The summed E-state index contributed by atoms with van der Waals surface area (Å²) < 4.78 is 0.670. The average Bonchev–Trinajstić information content (AvgIpc) is 2.54. The predicted octanol–water partition coefficient (Wildman–Crippen LogP) is 3.39. The van der Waals surface area contributed by atoms with Crippen LogP contribution in [0.25, 0.3) is 0 Å². The molecule has 0 saturated heterocycles. The molecule has 2 rings (SSSR count). The number of carbonyl (C=O) groups excluding carboxylic acids is 2. The van der Waals surface area contributed by atoms with E-state index in [2.05, 4.69) is 26.8 Å². The third-order valence-electron chi connectivity index (χ3n) is 2.94. The van der Waals surface area contributed by atoms with Gasteiger partial charge >= 0.3 is 0 Å². The second-order valence-electron chi connectivity index (χ2n) is 4.52. The Hall–Kier alpha value is -1.79. The average molecular weight is 379 g/mol. The number of thioether (sulfide) groups is 1. The number of rotatable bonds is 4. The highest BCUT2D eigenvalue weighted by Crippen LogP contribution is 2.15. The van der Waals surface area contributed by atoms with E-state index >= 15 is 0 Å². The number of amides is 2. The minimum Gasteiger partial charge on any atom is -0.267 e. The summed E-state index contributed by atoms with van der Waals surface area (Å²) >= 11 is 5.02. The van der Waals surface area contributed by atoms with Crippen molar-refractivity contribution in [3.05, 3.63) is 69.7 Å². The maximum Gasteiger partial charge on any atom is 0.270 e. The summed E-state index contributed by atoms with van der Waals surface area (Å²) in [6, 6.07) is 14.3. The number of hydrogen-bond donors (Lipinski definition) is 2. The van der Waals surface area contributed by atoms with Gasteiger partial charge in [0.1, 0.15) is 0 Å². The van der Waals surface area contributed by atoms with Crippen molar-refractivity contribution in [3.8, 4) is 0 Å². The highest BCUT2D eigenvalue weighted by Gasteiger charge is 2.11. The van der Waals surface area contributed by atoms with E-state index in [0.29, 0.717) is 15.6 Å². The van der Waals surface area contributed by atoms with Crippen LogP contribution in [0.4, 0.5) is 0 Å². The Morgan fingerprint density at radius 2 is 1.64 bits per heavy atom. The van der Waals surface area contributed by atoms with E-state index < -0.39 is 0 Å². The van der Waals surface area contributed by atoms with E-state index in [-0.39, 0.29) is 11.8 Å². The van der Waals surface area contributed by atoms with Crippen molar-refractivity contribution in [2.75, 3.05) is 6.26 Å². The lowest BCUT2D eigenvalue weighted by Gasteiger charge is -2.09. The molecule has 0 fully saturated rings. The fourth-order valence-corrected chi connectivity index (χ4v) is 2.81. The van der Waals surface area contributed by atoms with Crippen molar-refractivity contribution in [2.24, 2.45) is 0 Å². The van der Waals surface area contributed by atoms with Crippen LogP contribution in [0.15, 0.2) is 53.0 Å². The van der Waals surface area contributed by atoms with Crippen molar-refractivity contribution >= 4 is 39.5 Å². The van der Waals surface area contributed by atoms with E-state index in [9.17, 15) is 9.59 Å². The summed E-state index contributed by atoms with van der Waals surface area (Å²) in [5, 5.41) is 0. The summed E-state index contributed by atoms with van der Waals surface area (Å²) in [5.41, 5.74) is 6.92. The van der Waals surface area contributed by atoms with Crippen LogP contribution in [0.5, 0.6) is 0 Å². The molecule has 0 aliphatic rings. The summed E-state index contributed by atoms with van der Waals surface area (Å²) in [6.45, 7) is 0. The maximum atomic E-state index is 12.0. The minimum atomic E-state index is -0.375. The first-order chi connectivity index (χ1) is 10.6. The quantitative estimate of drug-likeness (QED) is 0.801. The number of carbonyl (C=O) groups is 2. The lowest BCUT2D eigenvalue weighted by atomic mass is 10.1. The second-order valence-corrected chi connectivity index (χ2v) is 6.24. The molecule has 0 aliphatic heterocycles. The van der Waals surface area contributed by atoms with Crippen LogP contribution in [-0.2, 0) is 5.75 Å². The molecule has 6 heteroatoms. The number of benzene rings is 2. The van der Waals surface area contributed by atoms with Gasteiger partial charge in [-0.1, -0.05) is 24.3 Å². The van der Waals surface area contributed by atoms with E-state index in [1.165, 1.54) is 0 Å². The van der Waals surface area contributed by atoms with Crippen molar-refractivity contribution in [1.29, 1.82) is 0 Å². The van der Waals surface area contributed by atoms with E-state index in [0.717, 1.165) is 11.3 Å². The van der Waals surface area contributed by atoms with E-state index in [1.807, 2.05) is 24.5 Å². The van der Waals surface area contributed by atoms with Crippen LogP contribution < -0.4 is 10.9 Å². The molecule has 0 atom stereocenters. The molecule has 0 spiro atoms. The van der Waals surface area contributed by atoms with Gasteiger partial charge in [-0.15, -0.1) is 0 Å². The van der Waals surface area contributed by atoms with Gasteiger partial charge in [0, 0.05) is 15.8 Å². The second kappa shape index (κ2) is 8.00. The maximum absolute atomic E-state index is 12.0. The summed E-state index contributed by atoms with van der Waals surface area (Å²) in [4.78, 5) is 24.0. The Labute approximate surface area is 141 Å². The van der Waals surface area contributed by atoms with Crippen molar-refractivity contribution < 1.29 is 9.59 Å². The molecule has 22 heavy (non-hydrogen) atoms. The fraction of sp³-hybridized carbons (Fsp3) is 0.125. The third kappa shape index (κ3) is 4.35. The molecule has 2 aromatic rings. The zero-order valence-corrected chi connectivity index (χ0v) is 14.3. The van der Waals surface area contributed by atoms with Gasteiger partial charge in [-0.3, -0.25) is 20.4 Å². The Morgan fingerprint density at radius 3 is 2.27 bits per heavy atom. The lowest BCUT2D eigenvalue weighted by molar-refractivity contribution is 0.0846. The van der Waals surface area contributed by atoms with Crippen LogP contribution in [0.1, 0.15) is 26.3 Å². The minimum absolute atomic E-state index is 0.351. The fourth-order valence-electron chi connectivity index (χ4n) is 1.82. The first-order valence-corrected chi connectivity index (χ1v) is 8.73. The summed E-state index contributed by atoms with van der Waals surface area (Å²) in [6.07, 6.45) is 2.03. The van der Waals surface area contributed by atoms with Crippen molar-refractivity contribution in [1.82, 2.24) is 10.9 Å². The van der Waals surface area contributed by atoms with Crippen LogP contribution in [0.3, 0.4) is 0 Å². The topological polar surface area (TPSA) is 58.2 Å². The van der Waals surface area contributed by atoms with E-state index in [1.54, 1.807) is 42.1 Å². The Kier molecular flexibility index (Phi) is 6.03. The van der Waals surface area contributed by atoms with Gasteiger partial charge in [0.25, 0.3) is 11.8 Å². The van der Waals surface area contributed by atoms with Crippen LogP contribution in [-0.4, -0.2) is 18.1 Å². The number of nitrogens with one attached hydrogen (secondary N) is 2. The molecular weight excluding hydrogens is 364 g/mol. The van der Waals surface area contributed by atoms with Gasteiger partial charge in [0.2, 0.25) is 0 Å². The highest BCUT2D eigenvalue weighted by molar-refractivity contribution is 9.10. The SMILES string of the molecule is CSCc1ccc(C(=O)NNC(=O)c2ccccc2Br)cc1. The normalized spacial score (nSPS) is 10.1. The predicted molar refractivity (Wildman–Crippen MR) is 92.7 cm³/mol. The molecule has 4 nitrogen and oxygen atoms in total. The molecule has 0 saturated carbocycles. The van der Waals surface area contributed by atoms with Gasteiger partial charge in [0.05, 0.1) is 5.56 Å². The Bertz CT molecular complexity index is 674.